The Morgan fingerprint density at radius 2 is 1.09 bits per heavy atom. The summed E-state index contributed by atoms with van der Waals surface area (Å²) in [7, 11) is 6.29. The van der Waals surface area contributed by atoms with Crippen LogP contribution in [0.1, 0.15) is 0 Å². The van der Waals surface area contributed by atoms with Crippen LogP contribution in [0.25, 0.3) is 0 Å². The van der Waals surface area contributed by atoms with Crippen LogP contribution in [0, 0.1) is 0 Å². The number of hydrogen-bond acceptors (Lipinski definition) is 3. The van der Waals surface area contributed by atoms with E-state index in [-0.39, 0.29) is 0 Å². The maximum absolute atomic E-state index is 5.90. The smallest absolute Gasteiger partial charge is 0.241 e. The minimum Gasteiger partial charge on any atom is -0.437 e. The summed E-state index contributed by atoms with van der Waals surface area (Å²) in [6, 6.07) is 0. The Bertz CT molecular complexity index is 98.8. The van der Waals surface area contributed by atoms with E-state index in [1.54, 1.807) is 0 Å². The number of nitrogens with zero attached hydrogens (tertiary/aromatic N) is 2. The van der Waals surface area contributed by atoms with Crippen molar-refractivity contribution in [3.05, 3.63) is 0 Å². The van der Waals surface area contributed by atoms with Crippen LogP contribution in [-0.4, -0.2) is 55.7 Å². The molecule has 0 N–H and O–H groups in total. The van der Waals surface area contributed by atoms with Crippen LogP contribution in [0.15, 0.2) is 0 Å². The summed E-state index contributed by atoms with van der Waals surface area (Å²) in [5.74, 6) is 0. The molecule has 0 rings (SSSR count). The molecule has 3 nitrogen and oxygen atoms in total. The summed E-state index contributed by atoms with van der Waals surface area (Å²) >= 11 is 0. The average molecular weight is 192 g/mol. The molecule has 0 saturated heterocycles. The third-order valence-electron chi connectivity index (χ3n) is 1.85. The molecule has 0 aromatic heterocycles. The van der Waals surface area contributed by atoms with Crippen LogP contribution in [0.2, 0.25) is 13.1 Å². The molecule has 0 spiro atoms. The first-order valence-electron chi connectivity index (χ1n) is 3.93. The molecule has 0 amide bonds. The van der Waals surface area contributed by atoms with Gasteiger partial charge in [0.2, 0.25) is 18.4 Å². The second-order valence-corrected chi connectivity index (χ2v) is 8.81. The molecule has 68 valence electrons. The molecule has 11 heavy (non-hydrogen) atoms. The molecule has 5 heteroatoms. The predicted octanol–water partition coefficient (Wildman–Crippen LogP) is -0.173. The molecule has 0 aromatic rings. The van der Waals surface area contributed by atoms with E-state index in [2.05, 4.69) is 50.4 Å². The van der Waals surface area contributed by atoms with Gasteiger partial charge in [0.25, 0.3) is 0 Å². The Kier molecular flexibility index (Phi) is 5.19. The van der Waals surface area contributed by atoms with Gasteiger partial charge in [-0.15, -0.1) is 0 Å². The van der Waals surface area contributed by atoms with Gasteiger partial charge in [-0.05, 0) is 41.3 Å². The van der Waals surface area contributed by atoms with Gasteiger partial charge in [-0.2, -0.15) is 0 Å². The number of rotatable bonds is 4. The van der Waals surface area contributed by atoms with E-state index in [1.165, 1.54) is 0 Å². The van der Waals surface area contributed by atoms with E-state index >= 15 is 0 Å². The van der Waals surface area contributed by atoms with Crippen molar-refractivity contribution >= 4 is 18.4 Å². The van der Waals surface area contributed by atoms with Crippen LogP contribution in [0.3, 0.4) is 0 Å². The predicted molar refractivity (Wildman–Crippen MR) is 54.5 cm³/mol. The van der Waals surface area contributed by atoms with Crippen molar-refractivity contribution < 1.29 is 4.12 Å². The van der Waals surface area contributed by atoms with Crippen LogP contribution in [-0.2, 0) is 4.12 Å². The minimum atomic E-state index is -1.04. The van der Waals surface area contributed by atoms with Gasteiger partial charge in [-0.3, -0.25) is 0 Å². The SMILES string of the molecule is CN(C)[SiH](C)O[SiH](C)N(C)C. The first kappa shape index (κ1) is 11.3. The third kappa shape index (κ3) is 4.70. The highest BCUT2D eigenvalue weighted by atomic mass is 28.4. The molecule has 0 fully saturated rings. The van der Waals surface area contributed by atoms with Gasteiger partial charge >= 0.3 is 0 Å². The summed E-state index contributed by atoms with van der Waals surface area (Å²) in [6.45, 7) is 4.43. The zero-order valence-electron chi connectivity index (χ0n) is 8.46. The topological polar surface area (TPSA) is 15.7 Å². The summed E-state index contributed by atoms with van der Waals surface area (Å²) in [6.07, 6.45) is 0. The molecular formula is C6H20N2OSi2. The van der Waals surface area contributed by atoms with Gasteiger partial charge in [0.15, 0.2) is 0 Å². The van der Waals surface area contributed by atoms with Crippen molar-refractivity contribution in [1.29, 1.82) is 0 Å². The van der Waals surface area contributed by atoms with Gasteiger partial charge in [-0.25, -0.2) is 0 Å². The summed E-state index contributed by atoms with van der Waals surface area (Å²) < 4.78 is 10.3. The minimum absolute atomic E-state index is 1.04. The van der Waals surface area contributed by atoms with E-state index in [9.17, 15) is 0 Å². The van der Waals surface area contributed by atoms with E-state index in [4.69, 9.17) is 4.12 Å². The highest BCUT2D eigenvalue weighted by Crippen LogP contribution is 1.95. The Hall–Kier alpha value is 0.314. The fraction of sp³-hybridized carbons (Fsp3) is 1.00. The first-order valence-corrected chi connectivity index (χ1v) is 8.22. The molecule has 2 unspecified atom stereocenters. The maximum Gasteiger partial charge on any atom is 0.241 e. The highest BCUT2D eigenvalue weighted by molar-refractivity contribution is 6.61. The van der Waals surface area contributed by atoms with Crippen molar-refractivity contribution in [3.63, 3.8) is 0 Å². The molecule has 0 aliphatic heterocycles. The molecule has 0 heterocycles. The lowest BCUT2D eigenvalue weighted by Gasteiger charge is -2.26. The Labute approximate surface area is 73.6 Å². The van der Waals surface area contributed by atoms with Crippen molar-refractivity contribution in [2.75, 3.05) is 28.2 Å². The lowest BCUT2D eigenvalue weighted by molar-refractivity contribution is 0.431. The van der Waals surface area contributed by atoms with Crippen molar-refractivity contribution in [1.82, 2.24) is 9.13 Å². The number of hydrogen-bond donors (Lipinski definition) is 0. The monoisotopic (exact) mass is 192 g/mol. The quantitative estimate of drug-likeness (QED) is 0.575. The maximum atomic E-state index is 5.90. The highest BCUT2D eigenvalue weighted by Gasteiger charge is 2.14. The van der Waals surface area contributed by atoms with Gasteiger partial charge < -0.3 is 13.2 Å². The summed E-state index contributed by atoms with van der Waals surface area (Å²) in [5, 5.41) is 0. The molecule has 2 atom stereocenters. The van der Waals surface area contributed by atoms with Gasteiger partial charge in [0, 0.05) is 0 Å². The molecule has 0 aliphatic carbocycles. The summed E-state index contributed by atoms with van der Waals surface area (Å²) in [5.41, 5.74) is 0. The zero-order chi connectivity index (χ0) is 9.02. The third-order valence-corrected chi connectivity index (χ3v) is 7.91. The van der Waals surface area contributed by atoms with Crippen LogP contribution in [0.4, 0.5) is 0 Å². The van der Waals surface area contributed by atoms with Gasteiger partial charge in [0.05, 0.1) is 0 Å². The van der Waals surface area contributed by atoms with Gasteiger partial charge in [0.1, 0.15) is 0 Å². The zero-order valence-corrected chi connectivity index (χ0v) is 10.8. The lowest BCUT2D eigenvalue weighted by Crippen LogP contribution is -2.43. The second-order valence-electron chi connectivity index (χ2n) is 3.26. The van der Waals surface area contributed by atoms with Gasteiger partial charge in [-0.1, -0.05) is 0 Å². The Balaban J connectivity index is 3.66. The average Bonchev–Trinajstić information content (AvgIpc) is 1.87. The summed E-state index contributed by atoms with van der Waals surface area (Å²) in [4.78, 5) is 0. The Morgan fingerprint density at radius 1 is 0.818 bits per heavy atom. The molecule has 0 bridgehead atoms. The molecule has 0 saturated carbocycles. The van der Waals surface area contributed by atoms with Crippen molar-refractivity contribution in [2.45, 2.75) is 13.1 Å². The van der Waals surface area contributed by atoms with E-state index < -0.39 is 18.4 Å². The Morgan fingerprint density at radius 3 is 1.27 bits per heavy atom. The molecular weight excluding hydrogens is 172 g/mol. The largest absolute Gasteiger partial charge is 0.437 e. The van der Waals surface area contributed by atoms with Crippen molar-refractivity contribution in [3.8, 4) is 0 Å². The van der Waals surface area contributed by atoms with E-state index in [0.717, 1.165) is 0 Å². The second kappa shape index (κ2) is 5.05. The van der Waals surface area contributed by atoms with Crippen LogP contribution < -0.4 is 0 Å². The first-order chi connectivity index (χ1) is 4.95. The fourth-order valence-corrected chi connectivity index (χ4v) is 4.76. The van der Waals surface area contributed by atoms with Crippen molar-refractivity contribution in [2.24, 2.45) is 0 Å². The fourth-order valence-electron chi connectivity index (χ4n) is 0.528. The van der Waals surface area contributed by atoms with Crippen LogP contribution in [0.5, 0.6) is 0 Å². The standard InChI is InChI=1S/C6H20N2OSi2/c1-7(2)10(5)9-11(6)8(3)4/h10-11H,1-6H3. The normalized spacial score (nSPS) is 17.5. The molecule has 0 radical (unpaired) electrons. The van der Waals surface area contributed by atoms with E-state index in [1.807, 2.05) is 0 Å². The van der Waals surface area contributed by atoms with E-state index in [0.29, 0.717) is 0 Å². The lowest BCUT2D eigenvalue weighted by atomic mass is 11.3. The molecule has 0 aromatic carbocycles. The molecule has 0 aliphatic rings. The van der Waals surface area contributed by atoms with Crippen LogP contribution >= 0.6 is 0 Å².